The maximum absolute atomic E-state index is 12.0. The average molecular weight is 323 g/mol. The van der Waals surface area contributed by atoms with E-state index >= 15 is 0 Å². The van der Waals surface area contributed by atoms with E-state index in [1.807, 2.05) is 6.92 Å². The predicted octanol–water partition coefficient (Wildman–Crippen LogP) is 3.56. The highest BCUT2D eigenvalue weighted by Gasteiger charge is 2.18. The molecule has 0 fully saturated rings. The van der Waals surface area contributed by atoms with Crippen LogP contribution in [0.15, 0.2) is 28.6 Å². The van der Waals surface area contributed by atoms with Gasteiger partial charge < -0.3 is 0 Å². The third-order valence-electron chi connectivity index (χ3n) is 2.09. The Labute approximate surface area is 119 Å². The zero-order valence-electron chi connectivity index (χ0n) is 9.15. The van der Waals surface area contributed by atoms with Gasteiger partial charge in [0.25, 0.3) is 10.0 Å². The molecule has 1 aromatic heterocycles. The second kappa shape index (κ2) is 5.05. The summed E-state index contributed by atoms with van der Waals surface area (Å²) >= 11 is 12.4. The molecule has 18 heavy (non-hydrogen) atoms. The van der Waals surface area contributed by atoms with Gasteiger partial charge in [0, 0.05) is 0 Å². The van der Waals surface area contributed by atoms with Crippen molar-refractivity contribution >= 4 is 50.2 Å². The first-order valence-corrected chi connectivity index (χ1v) is 7.84. The van der Waals surface area contributed by atoms with Gasteiger partial charge in [-0.25, -0.2) is 13.4 Å². The summed E-state index contributed by atoms with van der Waals surface area (Å²) in [7, 11) is -3.69. The van der Waals surface area contributed by atoms with Crippen LogP contribution in [0.5, 0.6) is 0 Å². The number of aryl methyl sites for hydroxylation is 1. The third kappa shape index (κ3) is 2.95. The summed E-state index contributed by atoms with van der Waals surface area (Å²) in [5.41, 5.74) is 1.24. The van der Waals surface area contributed by atoms with E-state index in [2.05, 4.69) is 9.71 Å². The lowest BCUT2D eigenvalue weighted by atomic mass is 10.2. The van der Waals surface area contributed by atoms with Crippen LogP contribution in [0.4, 0.5) is 5.69 Å². The van der Waals surface area contributed by atoms with E-state index in [9.17, 15) is 8.42 Å². The van der Waals surface area contributed by atoms with Gasteiger partial charge in [-0.2, -0.15) is 0 Å². The van der Waals surface area contributed by atoms with E-state index in [0.717, 1.165) is 16.9 Å². The Morgan fingerprint density at radius 3 is 2.67 bits per heavy atom. The molecule has 0 aliphatic carbocycles. The minimum Gasteiger partial charge on any atom is -0.277 e. The van der Waals surface area contributed by atoms with Gasteiger partial charge in [0.05, 0.1) is 16.9 Å². The van der Waals surface area contributed by atoms with Gasteiger partial charge in [0.2, 0.25) is 0 Å². The molecule has 1 heterocycles. The Morgan fingerprint density at radius 2 is 2.06 bits per heavy atom. The highest BCUT2D eigenvalue weighted by molar-refractivity contribution is 7.94. The maximum atomic E-state index is 12.0. The average Bonchev–Trinajstić information content (AvgIpc) is 2.71. The Bertz CT molecular complexity index is 683. The van der Waals surface area contributed by atoms with Crippen LogP contribution in [-0.2, 0) is 10.0 Å². The number of nitrogens with zero attached hydrogens (tertiary/aromatic N) is 1. The number of anilines is 1. The largest absolute Gasteiger partial charge is 0.277 e. The fourth-order valence-electron chi connectivity index (χ4n) is 1.28. The topological polar surface area (TPSA) is 59.1 Å². The number of nitrogens with one attached hydrogen (secondary N) is 1. The van der Waals surface area contributed by atoms with E-state index in [1.54, 1.807) is 18.2 Å². The van der Waals surface area contributed by atoms with Gasteiger partial charge in [-0.15, -0.1) is 0 Å². The van der Waals surface area contributed by atoms with Crippen LogP contribution in [0.1, 0.15) is 5.56 Å². The van der Waals surface area contributed by atoms with Gasteiger partial charge in [-0.05, 0) is 24.6 Å². The Hall–Kier alpha value is -0.820. The number of hydrogen-bond donors (Lipinski definition) is 1. The molecular formula is C10H8Cl2N2O2S2. The summed E-state index contributed by atoms with van der Waals surface area (Å²) in [5.74, 6) is 0. The lowest BCUT2D eigenvalue weighted by Gasteiger charge is -2.08. The molecule has 0 saturated heterocycles. The number of benzene rings is 1. The number of thiazole rings is 1. The summed E-state index contributed by atoms with van der Waals surface area (Å²) in [6.07, 6.45) is 1.21. The molecule has 1 N–H and O–H groups in total. The van der Waals surface area contributed by atoms with Crippen molar-refractivity contribution in [1.29, 1.82) is 0 Å². The van der Waals surface area contributed by atoms with E-state index in [0.29, 0.717) is 10.7 Å². The van der Waals surface area contributed by atoms with Gasteiger partial charge in [-0.1, -0.05) is 40.6 Å². The number of aromatic nitrogens is 1. The molecule has 0 aliphatic heterocycles. The van der Waals surface area contributed by atoms with Crippen molar-refractivity contribution in [2.45, 2.75) is 11.1 Å². The van der Waals surface area contributed by atoms with Crippen molar-refractivity contribution < 1.29 is 8.42 Å². The normalized spacial score (nSPS) is 11.5. The predicted molar refractivity (Wildman–Crippen MR) is 74.1 cm³/mol. The maximum Gasteiger partial charge on any atom is 0.273 e. The molecule has 0 spiro atoms. The van der Waals surface area contributed by atoms with Crippen LogP contribution in [0, 0.1) is 6.92 Å². The fourth-order valence-corrected chi connectivity index (χ4v) is 3.86. The highest BCUT2D eigenvalue weighted by atomic mass is 35.5. The van der Waals surface area contributed by atoms with E-state index in [4.69, 9.17) is 23.2 Å². The van der Waals surface area contributed by atoms with E-state index < -0.39 is 10.0 Å². The summed E-state index contributed by atoms with van der Waals surface area (Å²) < 4.78 is 26.7. The number of hydrogen-bond acceptors (Lipinski definition) is 4. The lowest BCUT2D eigenvalue weighted by Crippen LogP contribution is -2.11. The molecule has 1 aromatic carbocycles. The molecule has 0 atom stereocenters. The monoisotopic (exact) mass is 322 g/mol. The van der Waals surface area contributed by atoms with Crippen LogP contribution in [0.3, 0.4) is 0 Å². The number of sulfonamides is 1. The fraction of sp³-hybridized carbons (Fsp3) is 0.100. The van der Waals surface area contributed by atoms with Gasteiger partial charge in [-0.3, -0.25) is 4.72 Å². The molecule has 2 rings (SSSR count). The summed E-state index contributed by atoms with van der Waals surface area (Å²) in [4.78, 5) is 3.70. The first-order chi connectivity index (χ1) is 8.38. The van der Waals surface area contributed by atoms with E-state index in [1.165, 1.54) is 6.20 Å². The first-order valence-electron chi connectivity index (χ1n) is 4.79. The summed E-state index contributed by atoms with van der Waals surface area (Å²) in [5, 5.41) is 0.333. The van der Waals surface area contributed by atoms with Crippen molar-refractivity contribution in [1.82, 2.24) is 4.98 Å². The van der Waals surface area contributed by atoms with Gasteiger partial charge in [0.15, 0.2) is 8.68 Å². The molecule has 8 heteroatoms. The van der Waals surface area contributed by atoms with Gasteiger partial charge >= 0.3 is 0 Å². The molecule has 0 bridgehead atoms. The second-order valence-corrected chi connectivity index (χ2v) is 7.45. The minimum atomic E-state index is -3.69. The molecule has 0 aliphatic rings. The van der Waals surface area contributed by atoms with Crippen molar-refractivity contribution in [2.24, 2.45) is 0 Å². The van der Waals surface area contributed by atoms with Crippen molar-refractivity contribution in [3.8, 4) is 0 Å². The molecule has 4 nitrogen and oxygen atoms in total. The molecular weight excluding hydrogens is 315 g/mol. The van der Waals surface area contributed by atoms with Crippen LogP contribution < -0.4 is 4.72 Å². The quantitative estimate of drug-likeness (QED) is 0.939. The Kier molecular flexibility index (Phi) is 3.82. The molecule has 0 unspecified atom stereocenters. The van der Waals surface area contributed by atoms with Gasteiger partial charge in [0.1, 0.15) is 0 Å². The minimum absolute atomic E-state index is 0.0464. The zero-order valence-corrected chi connectivity index (χ0v) is 12.3. The summed E-state index contributed by atoms with van der Waals surface area (Å²) in [6, 6.07) is 5.08. The van der Waals surface area contributed by atoms with Crippen LogP contribution in [0.2, 0.25) is 9.49 Å². The first kappa shape index (κ1) is 13.6. The molecule has 0 amide bonds. The molecule has 0 saturated carbocycles. The van der Waals surface area contributed by atoms with Crippen LogP contribution >= 0.6 is 34.5 Å². The smallest absolute Gasteiger partial charge is 0.273 e. The van der Waals surface area contributed by atoms with Crippen molar-refractivity contribution in [3.63, 3.8) is 0 Å². The van der Waals surface area contributed by atoms with Crippen LogP contribution in [-0.4, -0.2) is 13.4 Å². The Balaban J connectivity index is 2.36. The standard InChI is InChI=1S/C10H8Cl2N2O2S2/c1-6-2-3-7(11)8(4-6)14-18(15,16)9-5-13-10(12)17-9/h2-5,14H,1H3. The molecule has 2 aromatic rings. The van der Waals surface area contributed by atoms with Crippen molar-refractivity contribution in [3.05, 3.63) is 39.4 Å². The lowest BCUT2D eigenvalue weighted by molar-refractivity contribution is 0.603. The van der Waals surface area contributed by atoms with Crippen molar-refractivity contribution in [2.75, 3.05) is 4.72 Å². The Morgan fingerprint density at radius 1 is 1.33 bits per heavy atom. The molecule has 0 radical (unpaired) electrons. The SMILES string of the molecule is Cc1ccc(Cl)c(NS(=O)(=O)c2cnc(Cl)s2)c1. The van der Waals surface area contributed by atoms with Crippen LogP contribution in [0.25, 0.3) is 0 Å². The third-order valence-corrected chi connectivity index (χ3v) is 5.36. The second-order valence-electron chi connectivity index (χ2n) is 3.52. The zero-order chi connectivity index (χ0) is 13.3. The summed E-state index contributed by atoms with van der Waals surface area (Å²) in [6.45, 7) is 1.84. The number of halogens is 2. The highest BCUT2D eigenvalue weighted by Crippen LogP contribution is 2.28. The molecule has 96 valence electrons. The van der Waals surface area contributed by atoms with E-state index in [-0.39, 0.29) is 8.68 Å². The number of rotatable bonds is 3.